The van der Waals surface area contributed by atoms with Crippen LogP contribution in [0.25, 0.3) is 0 Å². The molecule has 5 rings (SSSR count). The average Bonchev–Trinajstić information content (AvgIpc) is 3.53. The molecule has 2 N–H and O–H groups in total. The van der Waals surface area contributed by atoms with Gasteiger partial charge in [-0.15, -0.1) is 0 Å². The molecule has 0 saturated carbocycles. The van der Waals surface area contributed by atoms with E-state index in [1.807, 2.05) is 71.6 Å². The first-order valence-electron chi connectivity index (χ1n) is 12.0. The van der Waals surface area contributed by atoms with Gasteiger partial charge in [0, 0.05) is 29.1 Å². The number of anilines is 1. The van der Waals surface area contributed by atoms with Crippen molar-refractivity contribution >= 4 is 52.3 Å². The van der Waals surface area contributed by atoms with Gasteiger partial charge in [-0.3, -0.25) is 9.78 Å². The highest BCUT2D eigenvalue weighted by Crippen LogP contribution is 2.41. The number of carbonyl (C=O) groups excluding carboxylic acids is 1. The van der Waals surface area contributed by atoms with Crippen molar-refractivity contribution in [3.63, 3.8) is 0 Å². The van der Waals surface area contributed by atoms with E-state index in [1.165, 1.54) is 11.8 Å². The molecule has 2 atom stereocenters. The fourth-order valence-electron chi connectivity index (χ4n) is 4.30. The number of methoxy groups -OCH3 is 1. The van der Waals surface area contributed by atoms with Gasteiger partial charge in [-0.05, 0) is 72.9 Å². The number of hydrogen-bond acceptors (Lipinski definition) is 6. The quantitative estimate of drug-likeness (QED) is 0.223. The van der Waals surface area contributed by atoms with Crippen molar-refractivity contribution in [1.82, 2.24) is 15.2 Å². The highest BCUT2D eigenvalue weighted by molar-refractivity contribution is 7.99. The minimum Gasteiger partial charge on any atom is -0.495 e. The standard InChI is InChI=1S/C28H25ClN4O3S2/c1-35-22-8-3-2-6-20(22)31-24(34)15-17-33-27(26(32-28(33)37)21-7-4-5-16-30-21)23-13-14-25(36-23)38-19-11-9-18(29)10-12-19/h2-14,16,26-27H,15,17H2,1H3,(H,31,34)(H,32,37)/t26-,27-/m0/s1. The number of para-hydroxylation sites is 2. The molecule has 0 aliphatic carbocycles. The summed E-state index contributed by atoms with van der Waals surface area (Å²) in [5, 5.41) is 8.29. The Bertz CT molecular complexity index is 1420. The molecule has 1 fully saturated rings. The van der Waals surface area contributed by atoms with Crippen LogP contribution in [-0.4, -0.2) is 34.6 Å². The number of ether oxygens (including phenoxy) is 1. The second kappa shape index (κ2) is 11.9. The van der Waals surface area contributed by atoms with Crippen molar-refractivity contribution in [3.8, 4) is 5.75 Å². The summed E-state index contributed by atoms with van der Waals surface area (Å²) in [6, 6.07) is 24.1. The zero-order valence-electron chi connectivity index (χ0n) is 20.5. The SMILES string of the molecule is COc1ccccc1NC(=O)CCN1C(=S)N[C@@H](c2ccccn2)[C@@H]1c1ccc(Sc2ccc(Cl)cc2)o1. The van der Waals surface area contributed by atoms with E-state index in [0.29, 0.717) is 28.1 Å². The predicted molar refractivity (Wildman–Crippen MR) is 153 cm³/mol. The van der Waals surface area contributed by atoms with Crippen LogP contribution in [0.5, 0.6) is 5.75 Å². The lowest BCUT2D eigenvalue weighted by Gasteiger charge is -2.25. The van der Waals surface area contributed by atoms with Gasteiger partial charge in [-0.1, -0.05) is 41.6 Å². The van der Waals surface area contributed by atoms with E-state index in [0.717, 1.165) is 21.4 Å². The van der Waals surface area contributed by atoms with Gasteiger partial charge in [0.05, 0.1) is 24.5 Å². The summed E-state index contributed by atoms with van der Waals surface area (Å²) >= 11 is 13.2. The number of pyridine rings is 1. The zero-order valence-corrected chi connectivity index (χ0v) is 22.9. The highest BCUT2D eigenvalue weighted by atomic mass is 35.5. The van der Waals surface area contributed by atoms with Gasteiger partial charge in [0.25, 0.3) is 0 Å². The number of nitrogens with zero attached hydrogens (tertiary/aromatic N) is 2. The van der Waals surface area contributed by atoms with Gasteiger partial charge in [0.1, 0.15) is 17.6 Å². The Kier molecular flexibility index (Phi) is 8.17. The lowest BCUT2D eigenvalue weighted by molar-refractivity contribution is -0.116. The van der Waals surface area contributed by atoms with Crippen LogP contribution in [0.1, 0.15) is 30.0 Å². The summed E-state index contributed by atoms with van der Waals surface area (Å²) in [4.78, 5) is 20.4. The second-order valence-electron chi connectivity index (χ2n) is 8.53. The molecule has 0 bridgehead atoms. The monoisotopic (exact) mass is 564 g/mol. The van der Waals surface area contributed by atoms with Crippen LogP contribution in [0, 0.1) is 0 Å². The molecule has 1 aliphatic heterocycles. The maximum Gasteiger partial charge on any atom is 0.226 e. The molecule has 0 radical (unpaired) electrons. The van der Waals surface area contributed by atoms with Crippen LogP contribution in [0.15, 0.2) is 99.5 Å². The maximum absolute atomic E-state index is 12.9. The predicted octanol–water partition coefficient (Wildman–Crippen LogP) is 6.49. The van der Waals surface area contributed by atoms with Crippen LogP contribution in [0.2, 0.25) is 5.02 Å². The molecule has 4 aromatic rings. The van der Waals surface area contributed by atoms with Gasteiger partial charge >= 0.3 is 0 Å². The fourth-order valence-corrected chi connectivity index (χ4v) is 5.54. The normalized spacial score (nSPS) is 16.8. The summed E-state index contributed by atoms with van der Waals surface area (Å²) in [7, 11) is 1.57. The number of furan rings is 1. The minimum atomic E-state index is -0.281. The Morgan fingerprint density at radius 1 is 1.13 bits per heavy atom. The number of rotatable bonds is 9. The molecule has 1 aliphatic rings. The van der Waals surface area contributed by atoms with E-state index in [1.54, 1.807) is 25.4 Å². The van der Waals surface area contributed by atoms with Crippen molar-refractivity contribution in [2.45, 2.75) is 28.5 Å². The number of hydrogen-bond donors (Lipinski definition) is 2. The number of carbonyl (C=O) groups is 1. The first-order chi connectivity index (χ1) is 18.5. The molecule has 10 heteroatoms. The molecule has 1 saturated heterocycles. The number of benzene rings is 2. The first-order valence-corrected chi connectivity index (χ1v) is 13.6. The molecule has 2 aromatic heterocycles. The molecule has 1 amide bonds. The summed E-state index contributed by atoms with van der Waals surface area (Å²) < 4.78 is 11.7. The number of amides is 1. The first kappa shape index (κ1) is 26.1. The zero-order chi connectivity index (χ0) is 26.5. The van der Waals surface area contributed by atoms with Crippen molar-refractivity contribution in [2.75, 3.05) is 19.0 Å². The summed E-state index contributed by atoms with van der Waals surface area (Å²) in [6.07, 6.45) is 1.98. The van der Waals surface area contributed by atoms with Crippen molar-refractivity contribution in [1.29, 1.82) is 0 Å². The third-order valence-electron chi connectivity index (χ3n) is 6.08. The number of thiocarbonyl (C=S) groups is 1. The Morgan fingerprint density at radius 3 is 2.68 bits per heavy atom. The maximum atomic E-state index is 12.9. The van der Waals surface area contributed by atoms with Gasteiger partial charge in [0.15, 0.2) is 10.2 Å². The number of nitrogens with one attached hydrogen (secondary N) is 2. The summed E-state index contributed by atoms with van der Waals surface area (Å²) in [5.74, 6) is 1.19. The third kappa shape index (κ3) is 5.96. The molecule has 38 heavy (non-hydrogen) atoms. The number of aromatic nitrogens is 1. The van der Waals surface area contributed by atoms with E-state index >= 15 is 0 Å². The van der Waals surface area contributed by atoms with E-state index in [2.05, 4.69) is 15.6 Å². The second-order valence-corrected chi connectivity index (χ2v) is 10.4. The van der Waals surface area contributed by atoms with E-state index in [-0.39, 0.29) is 24.4 Å². The minimum absolute atomic E-state index is 0.143. The molecule has 194 valence electrons. The molecule has 2 aromatic carbocycles. The summed E-state index contributed by atoms with van der Waals surface area (Å²) in [6.45, 7) is 0.390. The average molecular weight is 565 g/mol. The fraction of sp³-hybridized carbons (Fsp3) is 0.179. The molecular weight excluding hydrogens is 540 g/mol. The van der Waals surface area contributed by atoms with Gasteiger partial charge in [-0.2, -0.15) is 0 Å². The smallest absolute Gasteiger partial charge is 0.226 e. The molecule has 0 spiro atoms. The van der Waals surface area contributed by atoms with E-state index in [4.69, 9.17) is 33.0 Å². The Morgan fingerprint density at radius 2 is 1.92 bits per heavy atom. The Balaban J connectivity index is 1.36. The van der Waals surface area contributed by atoms with Gasteiger partial charge in [0.2, 0.25) is 5.91 Å². The Labute approximate surface area is 235 Å². The lowest BCUT2D eigenvalue weighted by atomic mass is 10.0. The molecule has 3 heterocycles. The molecule has 7 nitrogen and oxygen atoms in total. The van der Waals surface area contributed by atoms with Crippen molar-refractivity contribution in [2.24, 2.45) is 0 Å². The van der Waals surface area contributed by atoms with Crippen LogP contribution in [-0.2, 0) is 4.79 Å². The van der Waals surface area contributed by atoms with Crippen molar-refractivity contribution in [3.05, 3.63) is 102 Å². The number of halogens is 1. The molecular formula is C28H25ClN4O3S2. The largest absolute Gasteiger partial charge is 0.495 e. The Hall–Kier alpha value is -3.53. The van der Waals surface area contributed by atoms with E-state index < -0.39 is 0 Å². The van der Waals surface area contributed by atoms with Crippen molar-refractivity contribution < 1.29 is 13.9 Å². The van der Waals surface area contributed by atoms with Crippen LogP contribution in [0.3, 0.4) is 0 Å². The topological polar surface area (TPSA) is 79.6 Å². The molecule has 0 unspecified atom stereocenters. The third-order valence-corrected chi connectivity index (χ3v) is 7.62. The van der Waals surface area contributed by atoms with E-state index in [9.17, 15) is 4.79 Å². The van der Waals surface area contributed by atoms with Crippen LogP contribution >= 0.6 is 35.6 Å². The lowest BCUT2D eigenvalue weighted by Crippen LogP contribution is -2.32. The van der Waals surface area contributed by atoms with Crippen LogP contribution in [0.4, 0.5) is 5.69 Å². The highest BCUT2D eigenvalue weighted by Gasteiger charge is 2.41. The summed E-state index contributed by atoms with van der Waals surface area (Å²) in [5.41, 5.74) is 1.46. The van der Waals surface area contributed by atoms with Gasteiger partial charge in [-0.25, -0.2) is 0 Å². The van der Waals surface area contributed by atoms with Crippen LogP contribution < -0.4 is 15.4 Å². The van der Waals surface area contributed by atoms with Gasteiger partial charge < -0.3 is 24.7 Å².